The normalized spacial score (nSPS) is 16.7. The summed E-state index contributed by atoms with van der Waals surface area (Å²) in [6, 6.07) is 16.8. The van der Waals surface area contributed by atoms with Crippen molar-refractivity contribution in [2.75, 3.05) is 38.7 Å². The molecule has 45 heavy (non-hydrogen) atoms. The summed E-state index contributed by atoms with van der Waals surface area (Å²) < 4.78 is 46.5. The zero-order valence-corrected chi connectivity index (χ0v) is 25.6. The van der Waals surface area contributed by atoms with Crippen LogP contribution in [-0.4, -0.2) is 78.9 Å². The lowest BCUT2D eigenvalue weighted by Gasteiger charge is -2.30. The number of fused-ring (bicyclic) bond motifs is 1. The Morgan fingerprint density at radius 1 is 1.11 bits per heavy atom. The summed E-state index contributed by atoms with van der Waals surface area (Å²) in [6.45, 7) is 0.782. The molecule has 2 atom stereocenters. The third-order valence-electron chi connectivity index (χ3n) is 7.37. The number of pyridine rings is 1. The van der Waals surface area contributed by atoms with Crippen LogP contribution in [0.3, 0.4) is 0 Å². The molecule has 5 rings (SSSR count). The van der Waals surface area contributed by atoms with E-state index in [2.05, 4.69) is 10.3 Å². The number of benzene rings is 2. The maximum atomic E-state index is 13.3. The number of hydrogen-bond acceptors (Lipinski definition) is 9. The highest BCUT2D eigenvalue weighted by Crippen LogP contribution is 2.36. The van der Waals surface area contributed by atoms with Crippen LogP contribution in [0, 0.1) is 0 Å². The fourth-order valence-electron chi connectivity index (χ4n) is 5.17. The van der Waals surface area contributed by atoms with E-state index in [0.29, 0.717) is 17.9 Å². The van der Waals surface area contributed by atoms with Crippen LogP contribution >= 0.6 is 0 Å². The van der Waals surface area contributed by atoms with Crippen LogP contribution in [0.2, 0.25) is 0 Å². The average molecular weight is 635 g/mol. The van der Waals surface area contributed by atoms with Crippen molar-refractivity contribution in [1.82, 2.24) is 13.9 Å². The molecule has 0 aliphatic carbocycles. The lowest BCUT2D eigenvalue weighted by atomic mass is 9.92. The Morgan fingerprint density at radius 3 is 2.58 bits per heavy atom. The van der Waals surface area contributed by atoms with E-state index in [4.69, 9.17) is 14.2 Å². The van der Waals surface area contributed by atoms with E-state index in [1.165, 1.54) is 32.4 Å². The van der Waals surface area contributed by atoms with Crippen LogP contribution in [0.1, 0.15) is 29.6 Å². The molecule has 0 saturated carbocycles. The van der Waals surface area contributed by atoms with E-state index >= 15 is 0 Å². The Kier molecular flexibility index (Phi) is 9.93. The Bertz CT molecular complexity index is 1790. The molecule has 0 fully saturated rings. The van der Waals surface area contributed by atoms with Crippen molar-refractivity contribution in [3.05, 3.63) is 96.7 Å². The fourth-order valence-corrected chi connectivity index (χ4v) is 6.59. The average Bonchev–Trinajstić information content (AvgIpc) is 3.45. The van der Waals surface area contributed by atoms with Crippen LogP contribution in [-0.2, 0) is 24.3 Å². The number of rotatable bonds is 12. The molecule has 0 bridgehead atoms. The summed E-state index contributed by atoms with van der Waals surface area (Å²) in [6.07, 6.45) is 5.93. The number of aromatic nitrogens is 2. The van der Waals surface area contributed by atoms with Crippen LogP contribution in [0.25, 0.3) is 10.9 Å². The summed E-state index contributed by atoms with van der Waals surface area (Å²) in [4.78, 5) is 29.8. The molecule has 1 aliphatic heterocycles. The van der Waals surface area contributed by atoms with Gasteiger partial charge in [-0.05, 0) is 54.1 Å². The van der Waals surface area contributed by atoms with Gasteiger partial charge in [-0.1, -0.05) is 18.2 Å². The van der Waals surface area contributed by atoms with E-state index in [1.807, 2.05) is 24.3 Å². The number of aliphatic hydroxyl groups excluding tert-OH is 1. The number of aliphatic hydroxyl groups is 1. The van der Waals surface area contributed by atoms with Crippen molar-refractivity contribution in [3.8, 4) is 5.75 Å². The molecule has 3 heterocycles. The van der Waals surface area contributed by atoms with Crippen molar-refractivity contribution < 1.29 is 37.3 Å². The molecule has 2 aromatic heterocycles. The number of amides is 1. The number of allylic oxidation sites excluding steroid dienone is 1. The summed E-state index contributed by atoms with van der Waals surface area (Å²) in [7, 11) is -2.47. The van der Waals surface area contributed by atoms with Gasteiger partial charge in [0.25, 0.3) is 5.91 Å². The second-order valence-corrected chi connectivity index (χ2v) is 12.2. The molecule has 12 nitrogen and oxygen atoms in total. The summed E-state index contributed by atoms with van der Waals surface area (Å²) in [5, 5.41) is 13.2. The lowest BCUT2D eigenvalue weighted by molar-refractivity contribution is -0.143. The third-order valence-corrected chi connectivity index (χ3v) is 9.29. The Labute approximate surface area is 260 Å². The predicted octanol–water partition coefficient (Wildman–Crippen LogP) is 3.76. The number of nitrogens with one attached hydrogen (secondary N) is 1. The van der Waals surface area contributed by atoms with E-state index in [0.717, 1.165) is 20.8 Å². The summed E-state index contributed by atoms with van der Waals surface area (Å²) in [5.41, 5.74) is 2.03. The molecule has 0 spiro atoms. The van der Waals surface area contributed by atoms with Gasteiger partial charge < -0.3 is 24.6 Å². The summed E-state index contributed by atoms with van der Waals surface area (Å²) >= 11 is 0. The first kappa shape index (κ1) is 31.9. The number of nitrogens with zero attached hydrogens (tertiary/aromatic N) is 3. The van der Waals surface area contributed by atoms with E-state index in [1.54, 1.807) is 47.3 Å². The molecule has 0 radical (unpaired) electrons. The van der Waals surface area contributed by atoms with Gasteiger partial charge >= 0.3 is 0 Å². The zero-order chi connectivity index (χ0) is 32.0. The second-order valence-electron chi connectivity index (χ2n) is 10.3. The van der Waals surface area contributed by atoms with Gasteiger partial charge in [0.05, 0.1) is 42.6 Å². The van der Waals surface area contributed by atoms with Gasteiger partial charge in [-0.3, -0.25) is 19.1 Å². The number of carbonyl (C=O) groups excluding carboxylic acids is 2. The number of carbonyl (C=O) groups is 2. The van der Waals surface area contributed by atoms with Gasteiger partial charge in [0, 0.05) is 50.1 Å². The lowest BCUT2D eigenvalue weighted by Crippen LogP contribution is -2.37. The van der Waals surface area contributed by atoms with E-state index < -0.39 is 22.2 Å². The Hall–Kier alpha value is -4.56. The second kappa shape index (κ2) is 14.0. The zero-order valence-electron chi connectivity index (χ0n) is 24.8. The van der Waals surface area contributed by atoms with Crippen LogP contribution in [0.15, 0.2) is 96.0 Å². The number of hydrogen-bond donors (Lipinski definition) is 2. The highest BCUT2D eigenvalue weighted by molar-refractivity contribution is 7.89. The first-order chi connectivity index (χ1) is 21.7. The van der Waals surface area contributed by atoms with Crippen LogP contribution < -0.4 is 10.1 Å². The van der Waals surface area contributed by atoms with E-state index in [9.17, 15) is 23.1 Å². The number of para-hydroxylation sites is 1. The molecule has 0 saturated heterocycles. The highest BCUT2D eigenvalue weighted by atomic mass is 32.2. The molecular formula is C32H34N4O8S. The Balaban J connectivity index is 1.38. The minimum atomic E-state index is -3.95. The largest absolute Gasteiger partial charge is 0.497 e. The maximum Gasteiger partial charge on any atom is 0.290 e. The number of ether oxygens (including phenoxy) is 3. The quantitative estimate of drug-likeness (QED) is 0.238. The van der Waals surface area contributed by atoms with Crippen LogP contribution in [0.5, 0.6) is 5.75 Å². The van der Waals surface area contributed by atoms with Gasteiger partial charge in [0.1, 0.15) is 5.75 Å². The molecule has 236 valence electrons. The minimum Gasteiger partial charge on any atom is -0.497 e. The minimum absolute atomic E-state index is 0.0119. The molecule has 13 heteroatoms. The van der Waals surface area contributed by atoms with Crippen molar-refractivity contribution >= 4 is 38.4 Å². The molecule has 1 amide bonds. The van der Waals surface area contributed by atoms with Crippen LogP contribution in [0.4, 0.5) is 5.69 Å². The first-order valence-corrected chi connectivity index (χ1v) is 15.7. The van der Waals surface area contributed by atoms with Gasteiger partial charge in [-0.25, -0.2) is 8.42 Å². The smallest absolute Gasteiger partial charge is 0.290 e. The van der Waals surface area contributed by atoms with Gasteiger partial charge in [-0.2, -0.15) is 4.31 Å². The fraction of sp³-hybridized carbons (Fsp3) is 0.281. The highest BCUT2D eigenvalue weighted by Gasteiger charge is 2.32. The maximum absolute atomic E-state index is 13.3. The number of sulfonamides is 1. The SMILES string of the molecule is COc1ccc(S(=O)(=O)N(CCO)CCO[C@@H]2C[C@H](c3cn(C(C)=O)c4ccccc34)C=C(C(=O)Nc3cccnc3)O2)cc1. The predicted molar refractivity (Wildman–Crippen MR) is 166 cm³/mol. The molecule has 2 aromatic carbocycles. The van der Waals surface area contributed by atoms with Crippen molar-refractivity contribution in [3.63, 3.8) is 0 Å². The van der Waals surface area contributed by atoms with E-state index in [-0.39, 0.29) is 48.8 Å². The van der Waals surface area contributed by atoms with Crippen molar-refractivity contribution in [2.45, 2.75) is 30.4 Å². The molecule has 4 aromatic rings. The molecule has 2 N–H and O–H groups in total. The number of anilines is 1. The Morgan fingerprint density at radius 2 is 1.89 bits per heavy atom. The third kappa shape index (κ3) is 7.23. The summed E-state index contributed by atoms with van der Waals surface area (Å²) in [5.74, 6) is -0.519. The first-order valence-electron chi connectivity index (χ1n) is 14.3. The monoisotopic (exact) mass is 634 g/mol. The molecule has 1 aliphatic rings. The molecule has 0 unspecified atom stereocenters. The van der Waals surface area contributed by atoms with Gasteiger partial charge in [0.15, 0.2) is 5.76 Å². The van der Waals surface area contributed by atoms with Gasteiger partial charge in [-0.15, -0.1) is 0 Å². The van der Waals surface area contributed by atoms with Crippen molar-refractivity contribution in [2.24, 2.45) is 0 Å². The molecular weight excluding hydrogens is 600 g/mol. The van der Waals surface area contributed by atoms with Gasteiger partial charge in [0.2, 0.25) is 22.2 Å². The standard InChI is InChI=1S/C32H34N4O8S/c1-22(38)36-21-28(27-7-3-4-8-29(27)36)23-18-30(32(39)34-24-6-5-13-33-20-24)44-31(19-23)43-17-15-35(14-16-37)45(40,41)26-11-9-25(42-2)10-12-26/h3-13,18,20-21,23,31,37H,14-17,19H2,1-2H3,(H,34,39)/t23-,31+/m1/s1. The van der Waals surface area contributed by atoms with Crippen molar-refractivity contribution in [1.29, 1.82) is 0 Å². The number of methoxy groups -OCH3 is 1. The topological polar surface area (TPSA) is 149 Å².